The standard InChI is InChI=1S/C16H31N3O/c1-14(13-19-9-3-2-4-10-19)11-18-16(20)6-5-15-7-8-17-12-15/h14-15,17H,2-13H2,1H3,(H,18,20). The molecule has 2 rings (SSSR count). The van der Waals surface area contributed by atoms with Gasteiger partial charge in [-0.3, -0.25) is 4.79 Å². The minimum atomic E-state index is 0.238. The molecule has 4 heteroatoms. The zero-order valence-electron chi connectivity index (χ0n) is 13.0. The van der Waals surface area contributed by atoms with Gasteiger partial charge in [-0.2, -0.15) is 0 Å². The molecule has 2 aliphatic rings. The normalized spacial score (nSPS) is 25.6. The van der Waals surface area contributed by atoms with Crippen LogP contribution in [0.5, 0.6) is 0 Å². The second-order valence-electron chi connectivity index (χ2n) is 6.67. The quantitative estimate of drug-likeness (QED) is 0.745. The molecular weight excluding hydrogens is 250 g/mol. The Morgan fingerprint density at radius 2 is 2.15 bits per heavy atom. The highest BCUT2D eigenvalue weighted by Crippen LogP contribution is 2.14. The average Bonchev–Trinajstić information content (AvgIpc) is 2.97. The summed E-state index contributed by atoms with van der Waals surface area (Å²) in [5.41, 5.74) is 0. The molecule has 2 heterocycles. The van der Waals surface area contributed by atoms with Crippen LogP contribution in [0.15, 0.2) is 0 Å². The van der Waals surface area contributed by atoms with Crippen LogP contribution in [-0.2, 0) is 4.79 Å². The van der Waals surface area contributed by atoms with Crippen LogP contribution >= 0.6 is 0 Å². The second kappa shape index (κ2) is 8.63. The van der Waals surface area contributed by atoms with Gasteiger partial charge >= 0.3 is 0 Å². The Balaban J connectivity index is 1.52. The Hall–Kier alpha value is -0.610. The molecule has 0 radical (unpaired) electrons. The molecule has 0 aromatic carbocycles. The summed E-state index contributed by atoms with van der Waals surface area (Å²) in [5, 5.41) is 6.46. The van der Waals surface area contributed by atoms with Crippen molar-refractivity contribution in [3.05, 3.63) is 0 Å². The first kappa shape index (κ1) is 15.8. The van der Waals surface area contributed by atoms with Crippen LogP contribution in [0.2, 0.25) is 0 Å². The molecule has 2 N–H and O–H groups in total. The molecule has 2 fully saturated rings. The van der Waals surface area contributed by atoms with Crippen LogP contribution in [0.3, 0.4) is 0 Å². The van der Waals surface area contributed by atoms with E-state index in [9.17, 15) is 4.79 Å². The maximum atomic E-state index is 11.9. The van der Waals surface area contributed by atoms with Gasteiger partial charge in [-0.25, -0.2) is 0 Å². The Kier molecular flexibility index (Phi) is 6.80. The van der Waals surface area contributed by atoms with Crippen molar-refractivity contribution in [1.29, 1.82) is 0 Å². The fourth-order valence-electron chi connectivity index (χ4n) is 3.32. The molecule has 2 aliphatic heterocycles. The summed E-state index contributed by atoms with van der Waals surface area (Å²) in [5.74, 6) is 1.51. The third-order valence-electron chi connectivity index (χ3n) is 4.61. The minimum absolute atomic E-state index is 0.238. The average molecular weight is 281 g/mol. The number of hydrogen-bond acceptors (Lipinski definition) is 3. The first-order valence-electron chi connectivity index (χ1n) is 8.44. The van der Waals surface area contributed by atoms with E-state index in [1.54, 1.807) is 0 Å². The molecule has 20 heavy (non-hydrogen) atoms. The van der Waals surface area contributed by atoms with Crippen molar-refractivity contribution in [2.24, 2.45) is 11.8 Å². The van der Waals surface area contributed by atoms with E-state index in [0.29, 0.717) is 18.3 Å². The van der Waals surface area contributed by atoms with Crippen LogP contribution in [0.1, 0.15) is 45.4 Å². The van der Waals surface area contributed by atoms with Crippen LogP contribution in [0.4, 0.5) is 0 Å². The van der Waals surface area contributed by atoms with Crippen molar-refractivity contribution in [3.8, 4) is 0 Å². The summed E-state index contributed by atoms with van der Waals surface area (Å²) >= 11 is 0. The van der Waals surface area contributed by atoms with Gasteiger partial charge in [-0.05, 0) is 63.7 Å². The summed E-state index contributed by atoms with van der Waals surface area (Å²) in [6.07, 6.45) is 7.04. The molecule has 0 aliphatic carbocycles. The van der Waals surface area contributed by atoms with Gasteiger partial charge in [0, 0.05) is 19.5 Å². The Labute approximate surface area is 123 Å². The van der Waals surface area contributed by atoms with Gasteiger partial charge in [-0.15, -0.1) is 0 Å². The first-order chi connectivity index (χ1) is 9.74. The Bertz CT molecular complexity index is 283. The van der Waals surface area contributed by atoms with Gasteiger partial charge in [0.1, 0.15) is 0 Å². The van der Waals surface area contributed by atoms with E-state index < -0.39 is 0 Å². The molecule has 2 saturated heterocycles. The number of carbonyl (C=O) groups is 1. The SMILES string of the molecule is CC(CNC(=O)CCC1CCNC1)CN1CCCCC1. The lowest BCUT2D eigenvalue weighted by Crippen LogP contribution is -2.38. The lowest BCUT2D eigenvalue weighted by atomic mass is 10.0. The molecule has 2 atom stereocenters. The second-order valence-corrected chi connectivity index (χ2v) is 6.67. The number of hydrogen-bond donors (Lipinski definition) is 2. The molecule has 116 valence electrons. The lowest BCUT2D eigenvalue weighted by molar-refractivity contribution is -0.121. The lowest BCUT2D eigenvalue weighted by Gasteiger charge is -2.29. The van der Waals surface area contributed by atoms with Gasteiger partial charge in [0.2, 0.25) is 5.91 Å². The van der Waals surface area contributed by atoms with Crippen LogP contribution < -0.4 is 10.6 Å². The summed E-state index contributed by atoms with van der Waals surface area (Å²) < 4.78 is 0. The molecule has 0 saturated carbocycles. The minimum Gasteiger partial charge on any atom is -0.356 e. The van der Waals surface area contributed by atoms with Crippen molar-refractivity contribution < 1.29 is 4.79 Å². The Morgan fingerprint density at radius 3 is 2.85 bits per heavy atom. The van der Waals surface area contributed by atoms with E-state index in [0.717, 1.165) is 32.6 Å². The number of rotatable bonds is 7. The van der Waals surface area contributed by atoms with Gasteiger partial charge in [0.15, 0.2) is 0 Å². The molecule has 4 nitrogen and oxygen atoms in total. The van der Waals surface area contributed by atoms with Gasteiger partial charge in [-0.1, -0.05) is 13.3 Å². The topological polar surface area (TPSA) is 44.4 Å². The predicted molar refractivity (Wildman–Crippen MR) is 82.7 cm³/mol. The molecule has 0 aromatic heterocycles. The van der Waals surface area contributed by atoms with E-state index >= 15 is 0 Å². The number of likely N-dealkylation sites (tertiary alicyclic amines) is 1. The number of nitrogens with one attached hydrogen (secondary N) is 2. The van der Waals surface area contributed by atoms with Gasteiger partial charge < -0.3 is 15.5 Å². The smallest absolute Gasteiger partial charge is 0.220 e. The van der Waals surface area contributed by atoms with E-state index in [2.05, 4.69) is 22.5 Å². The summed E-state index contributed by atoms with van der Waals surface area (Å²) in [7, 11) is 0. The van der Waals surface area contributed by atoms with Crippen molar-refractivity contribution in [2.45, 2.75) is 45.4 Å². The van der Waals surface area contributed by atoms with Crippen molar-refractivity contribution in [1.82, 2.24) is 15.5 Å². The predicted octanol–water partition coefficient (Wildman–Crippen LogP) is 1.61. The van der Waals surface area contributed by atoms with Crippen molar-refractivity contribution >= 4 is 5.91 Å². The number of amides is 1. The number of piperidine rings is 1. The van der Waals surface area contributed by atoms with Crippen LogP contribution in [-0.4, -0.2) is 50.1 Å². The molecule has 1 amide bonds. The van der Waals surface area contributed by atoms with Crippen molar-refractivity contribution in [3.63, 3.8) is 0 Å². The molecule has 0 spiro atoms. The fraction of sp³-hybridized carbons (Fsp3) is 0.938. The highest BCUT2D eigenvalue weighted by Gasteiger charge is 2.17. The fourth-order valence-corrected chi connectivity index (χ4v) is 3.32. The zero-order valence-corrected chi connectivity index (χ0v) is 13.0. The Morgan fingerprint density at radius 1 is 1.35 bits per heavy atom. The molecule has 0 aromatic rings. The van der Waals surface area contributed by atoms with E-state index in [-0.39, 0.29) is 5.91 Å². The zero-order chi connectivity index (χ0) is 14.2. The van der Waals surface area contributed by atoms with E-state index in [1.165, 1.54) is 38.8 Å². The third kappa shape index (κ3) is 5.80. The van der Waals surface area contributed by atoms with E-state index in [1.807, 2.05) is 0 Å². The highest BCUT2D eigenvalue weighted by atomic mass is 16.1. The molecule has 0 bridgehead atoms. The largest absolute Gasteiger partial charge is 0.356 e. The maximum Gasteiger partial charge on any atom is 0.220 e. The monoisotopic (exact) mass is 281 g/mol. The van der Waals surface area contributed by atoms with Gasteiger partial charge in [0.05, 0.1) is 0 Å². The summed E-state index contributed by atoms with van der Waals surface area (Å²) in [4.78, 5) is 14.4. The number of nitrogens with zero attached hydrogens (tertiary/aromatic N) is 1. The third-order valence-corrected chi connectivity index (χ3v) is 4.61. The first-order valence-corrected chi connectivity index (χ1v) is 8.44. The summed E-state index contributed by atoms with van der Waals surface area (Å²) in [6, 6.07) is 0. The van der Waals surface area contributed by atoms with Crippen LogP contribution in [0, 0.1) is 11.8 Å². The van der Waals surface area contributed by atoms with Gasteiger partial charge in [0.25, 0.3) is 0 Å². The maximum absolute atomic E-state index is 11.9. The number of carbonyl (C=O) groups excluding carboxylic acids is 1. The summed E-state index contributed by atoms with van der Waals surface area (Å²) in [6.45, 7) is 8.92. The molecule has 2 unspecified atom stereocenters. The van der Waals surface area contributed by atoms with Crippen molar-refractivity contribution in [2.75, 3.05) is 39.3 Å². The van der Waals surface area contributed by atoms with E-state index in [4.69, 9.17) is 0 Å². The van der Waals surface area contributed by atoms with Crippen LogP contribution in [0.25, 0.3) is 0 Å². The molecular formula is C16H31N3O. The highest BCUT2D eigenvalue weighted by molar-refractivity contribution is 5.75.